The van der Waals surface area contributed by atoms with Crippen molar-refractivity contribution in [3.8, 4) is 17.6 Å². The summed E-state index contributed by atoms with van der Waals surface area (Å²) in [5.41, 5.74) is 0.242. The van der Waals surface area contributed by atoms with Gasteiger partial charge in [-0.05, 0) is 24.6 Å². The first-order valence-electron chi connectivity index (χ1n) is 4.82. The Balaban J connectivity index is 2.85. The van der Waals surface area contributed by atoms with E-state index in [2.05, 4.69) is 4.65 Å². The van der Waals surface area contributed by atoms with E-state index in [1.165, 1.54) is 18.2 Å². The Morgan fingerprint density at radius 3 is 2.75 bits per heavy atom. The summed E-state index contributed by atoms with van der Waals surface area (Å²) < 4.78 is 9.70. The molecular weight excluding hydrogens is 209 g/mol. The molecule has 0 saturated carbocycles. The lowest BCUT2D eigenvalue weighted by molar-refractivity contribution is -0.372. The third-order valence-corrected chi connectivity index (χ3v) is 1.77. The van der Waals surface area contributed by atoms with Crippen molar-refractivity contribution in [3.05, 3.63) is 23.8 Å². The summed E-state index contributed by atoms with van der Waals surface area (Å²) in [4.78, 5) is 0. The Hall–Kier alpha value is -1.71. The van der Waals surface area contributed by atoms with Crippen LogP contribution in [0.3, 0.4) is 0 Å². The molecule has 0 heterocycles. The molecule has 0 aliphatic rings. The standard InChI is InChI=1S/C10H10BNO4/c1-2-5-15-10-4-3-9(16-11(13)14)6-8(10)7-12/h3-4,6H,2,5H2,1H3/q-2. The number of nitrogens with zero attached hydrogens (tertiary/aromatic N) is 1. The summed E-state index contributed by atoms with van der Waals surface area (Å²) in [6.07, 6.45) is 0.826. The highest BCUT2D eigenvalue weighted by Gasteiger charge is 2.04. The largest absolute Gasteiger partial charge is 0.860 e. The van der Waals surface area contributed by atoms with Crippen LogP contribution in [0, 0.1) is 11.3 Å². The van der Waals surface area contributed by atoms with Gasteiger partial charge in [-0.3, -0.25) is 0 Å². The monoisotopic (exact) mass is 219 g/mol. The normalized spacial score (nSPS) is 9.38. The molecule has 6 heteroatoms. The second-order valence-electron chi connectivity index (χ2n) is 3.02. The van der Waals surface area contributed by atoms with Gasteiger partial charge >= 0.3 is 0 Å². The zero-order valence-electron chi connectivity index (χ0n) is 8.80. The van der Waals surface area contributed by atoms with E-state index in [-0.39, 0.29) is 11.3 Å². The zero-order chi connectivity index (χ0) is 12.0. The molecule has 0 amide bonds. The molecule has 0 N–H and O–H groups in total. The first kappa shape index (κ1) is 12.4. The number of benzene rings is 1. The average molecular weight is 219 g/mol. The van der Waals surface area contributed by atoms with E-state index < -0.39 is 7.32 Å². The lowest BCUT2D eigenvalue weighted by atomic mass is 10.2. The summed E-state index contributed by atoms with van der Waals surface area (Å²) in [6.45, 7) is 2.45. The average Bonchev–Trinajstić information content (AvgIpc) is 2.26. The summed E-state index contributed by atoms with van der Waals surface area (Å²) in [5, 5.41) is 29.4. The van der Waals surface area contributed by atoms with Crippen LogP contribution in [0.1, 0.15) is 18.9 Å². The van der Waals surface area contributed by atoms with Crippen LogP contribution in [0.4, 0.5) is 0 Å². The van der Waals surface area contributed by atoms with Crippen molar-refractivity contribution in [2.24, 2.45) is 0 Å². The highest BCUT2D eigenvalue weighted by molar-refractivity contribution is 6.29. The Kier molecular flexibility index (Phi) is 4.64. The van der Waals surface area contributed by atoms with E-state index in [0.717, 1.165) is 6.42 Å². The van der Waals surface area contributed by atoms with Crippen LogP contribution in [-0.2, 0) is 0 Å². The van der Waals surface area contributed by atoms with E-state index >= 15 is 0 Å². The first-order chi connectivity index (χ1) is 7.67. The summed E-state index contributed by atoms with van der Waals surface area (Å²) in [6, 6.07) is 6.15. The van der Waals surface area contributed by atoms with Gasteiger partial charge in [0, 0.05) is 0 Å². The van der Waals surface area contributed by atoms with Crippen molar-refractivity contribution < 1.29 is 19.4 Å². The topological polar surface area (TPSA) is 88.4 Å². The molecule has 0 fully saturated rings. The fourth-order valence-corrected chi connectivity index (χ4v) is 1.12. The van der Waals surface area contributed by atoms with Crippen LogP contribution in [0.15, 0.2) is 18.2 Å². The Labute approximate surface area is 94.0 Å². The van der Waals surface area contributed by atoms with E-state index in [0.29, 0.717) is 12.4 Å². The first-order valence-corrected chi connectivity index (χ1v) is 4.82. The van der Waals surface area contributed by atoms with Crippen LogP contribution in [0.25, 0.3) is 0 Å². The number of hydrogen-bond acceptors (Lipinski definition) is 5. The van der Waals surface area contributed by atoms with Crippen LogP contribution >= 0.6 is 0 Å². The van der Waals surface area contributed by atoms with E-state index in [4.69, 9.17) is 10.00 Å². The van der Waals surface area contributed by atoms with Crippen LogP contribution in [-0.4, -0.2) is 13.9 Å². The molecule has 0 unspecified atom stereocenters. The summed E-state index contributed by atoms with van der Waals surface area (Å²) >= 11 is 0. The van der Waals surface area contributed by atoms with Crippen molar-refractivity contribution in [2.75, 3.05) is 6.61 Å². The molecule has 0 aliphatic carbocycles. The molecule has 0 atom stereocenters. The molecule has 0 spiro atoms. The summed E-state index contributed by atoms with van der Waals surface area (Å²) in [5.74, 6) is 0.500. The third kappa shape index (κ3) is 3.46. The van der Waals surface area contributed by atoms with Crippen LogP contribution in [0.5, 0.6) is 11.5 Å². The highest BCUT2D eigenvalue weighted by atomic mass is 16.6. The van der Waals surface area contributed by atoms with Crippen molar-refractivity contribution in [2.45, 2.75) is 13.3 Å². The molecule has 0 saturated heterocycles. The molecule has 84 valence electrons. The van der Waals surface area contributed by atoms with E-state index in [1.54, 1.807) is 0 Å². The number of rotatable bonds is 5. The van der Waals surface area contributed by atoms with Crippen molar-refractivity contribution in [1.29, 1.82) is 5.26 Å². The van der Waals surface area contributed by atoms with Gasteiger partial charge in [-0.25, -0.2) is 0 Å². The van der Waals surface area contributed by atoms with Crippen molar-refractivity contribution >= 4 is 7.32 Å². The lowest BCUT2D eigenvalue weighted by Gasteiger charge is -2.26. The number of hydrogen-bond donors (Lipinski definition) is 0. The molecule has 0 bridgehead atoms. The maximum Gasteiger partial charge on any atom is 0.137 e. The Bertz CT molecular complexity index is 389. The molecular formula is C10H10BNO4-2. The number of nitriles is 1. The Morgan fingerprint density at radius 2 is 2.19 bits per heavy atom. The van der Waals surface area contributed by atoms with Gasteiger partial charge < -0.3 is 19.4 Å². The molecule has 5 nitrogen and oxygen atoms in total. The Morgan fingerprint density at radius 1 is 1.44 bits per heavy atom. The van der Waals surface area contributed by atoms with Gasteiger partial charge in [-0.1, -0.05) is 6.92 Å². The molecule has 16 heavy (non-hydrogen) atoms. The molecule has 0 aliphatic heterocycles. The third-order valence-electron chi connectivity index (χ3n) is 1.77. The SMILES string of the molecule is CCCOc1ccc(OB([O-])[O-])cc1C#N. The van der Waals surface area contributed by atoms with Crippen molar-refractivity contribution in [1.82, 2.24) is 0 Å². The van der Waals surface area contributed by atoms with Gasteiger partial charge in [0.2, 0.25) is 0 Å². The summed E-state index contributed by atoms with van der Waals surface area (Å²) in [7, 11) is -2.39. The minimum Gasteiger partial charge on any atom is -0.860 e. The van der Waals surface area contributed by atoms with Gasteiger partial charge in [0.1, 0.15) is 19.1 Å². The molecule has 1 rings (SSSR count). The minimum atomic E-state index is -2.39. The van der Waals surface area contributed by atoms with Gasteiger partial charge in [-0.2, -0.15) is 5.26 Å². The maximum absolute atomic E-state index is 10.3. The second-order valence-corrected chi connectivity index (χ2v) is 3.02. The zero-order valence-corrected chi connectivity index (χ0v) is 8.80. The van der Waals surface area contributed by atoms with Gasteiger partial charge in [0.05, 0.1) is 17.9 Å². The van der Waals surface area contributed by atoms with Crippen LogP contribution in [0.2, 0.25) is 0 Å². The minimum absolute atomic E-state index is 0.0791. The van der Waals surface area contributed by atoms with Gasteiger partial charge in [-0.15, -0.1) is 0 Å². The lowest BCUT2D eigenvalue weighted by Crippen LogP contribution is -2.50. The number of ether oxygens (including phenoxy) is 1. The van der Waals surface area contributed by atoms with Gasteiger partial charge in [0.25, 0.3) is 0 Å². The molecule has 1 aromatic rings. The fourth-order valence-electron chi connectivity index (χ4n) is 1.12. The van der Waals surface area contributed by atoms with Crippen molar-refractivity contribution in [3.63, 3.8) is 0 Å². The maximum atomic E-state index is 10.3. The van der Waals surface area contributed by atoms with E-state index in [1.807, 2.05) is 13.0 Å². The second kappa shape index (κ2) is 6.00. The quantitative estimate of drug-likeness (QED) is 0.618. The van der Waals surface area contributed by atoms with E-state index in [9.17, 15) is 10.0 Å². The fraction of sp³-hybridized carbons (Fsp3) is 0.300. The predicted octanol–water partition coefficient (Wildman–Crippen LogP) is -0.569. The van der Waals surface area contributed by atoms with Gasteiger partial charge in [0.15, 0.2) is 0 Å². The van der Waals surface area contributed by atoms with Crippen LogP contribution < -0.4 is 19.4 Å². The molecule has 1 aromatic carbocycles. The molecule has 0 aromatic heterocycles. The predicted molar refractivity (Wildman–Crippen MR) is 53.3 cm³/mol. The molecule has 0 radical (unpaired) electrons. The highest BCUT2D eigenvalue weighted by Crippen LogP contribution is 2.23. The smallest absolute Gasteiger partial charge is 0.137 e.